The van der Waals surface area contributed by atoms with Crippen molar-refractivity contribution >= 4 is 5.91 Å². The lowest BCUT2D eigenvalue weighted by atomic mass is 9.98. The Morgan fingerprint density at radius 2 is 2.04 bits per heavy atom. The average Bonchev–Trinajstić information content (AvgIpc) is 3.00. The molecule has 0 radical (unpaired) electrons. The van der Waals surface area contributed by atoms with Gasteiger partial charge in [0.2, 0.25) is 11.8 Å². The second-order valence-corrected chi connectivity index (χ2v) is 6.08. The molecule has 2 heterocycles. The fraction of sp³-hybridized carbons (Fsp3) is 0.471. The first-order chi connectivity index (χ1) is 11.0. The lowest BCUT2D eigenvalue weighted by Crippen LogP contribution is -2.47. The number of aryl methyl sites for hydroxylation is 1. The van der Waals surface area contributed by atoms with Gasteiger partial charge in [0.05, 0.1) is 6.04 Å². The van der Waals surface area contributed by atoms with Gasteiger partial charge < -0.3 is 9.84 Å². The highest BCUT2D eigenvalue weighted by Crippen LogP contribution is 2.20. The van der Waals surface area contributed by atoms with Crippen LogP contribution in [-0.4, -0.2) is 33.5 Å². The van der Waals surface area contributed by atoms with E-state index in [4.69, 9.17) is 4.52 Å². The monoisotopic (exact) mass is 314 g/mol. The van der Waals surface area contributed by atoms with E-state index in [1.165, 1.54) is 11.1 Å². The summed E-state index contributed by atoms with van der Waals surface area (Å²) in [5, 5.41) is 6.71. The van der Waals surface area contributed by atoms with Crippen molar-refractivity contribution in [2.24, 2.45) is 0 Å². The molecule has 0 saturated heterocycles. The minimum absolute atomic E-state index is 0.0206. The zero-order valence-corrected chi connectivity index (χ0v) is 13.7. The van der Waals surface area contributed by atoms with E-state index in [-0.39, 0.29) is 18.0 Å². The Bertz CT molecular complexity index is 697. The van der Waals surface area contributed by atoms with Crippen LogP contribution in [0.2, 0.25) is 0 Å². The Hall–Kier alpha value is -2.21. The van der Waals surface area contributed by atoms with E-state index < -0.39 is 0 Å². The van der Waals surface area contributed by atoms with Crippen molar-refractivity contribution < 1.29 is 9.32 Å². The molecule has 1 aromatic carbocycles. The van der Waals surface area contributed by atoms with Crippen molar-refractivity contribution in [2.75, 3.05) is 6.54 Å². The molecule has 2 aromatic rings. The maximum absolute atomic E-state index is 12.5. The molecule has 23 heavy (non-hydrogen) atoms. The van der Waals surface area contributed by atoms with Crippen molar-refractivity contribution in [2.45, 2.75) is 45.8 Å². The number of carbonyl (C=O) groups is 1. The number of hydrogen-bond donors (Lipinski definition) is 1. The molecule has 1 amide bonds. The minimum Gasteiger partial charge on any atom is -0.343 e. The second-order valence-electron chi connectivity index (χ2n) is 6.08. The lowest BCUT2D eigenvalue weighted by Gasteiger charge is -2.33. The molecular weight excluding hydrogens is 292 g/mol. The van der Waals surface area contributed by atoms with Crippen molar-refractivity contribution in [1.82, 2.24) is 20.4 Å². The molecule has 1 aliphatic rings. The molecule has 2 atom stereocenters. The Balaban J connectivity index is 1.62. The Labute approximate surface area is 135 Å². The van der Waals surface area contributed by atoms with Crippen LogP contribution in [0.5, 0.6) is 0 Å². The highest BCUT2D eigenvalue weighted by atomic mass is 16.5. The summed E-state index contributed by atoms with van der Waals surface area (Å²) in [7, 11) is 0. The molecule has 0 spiro atoms. The van der Waals surface area contributed by atoms with Gasteiger partial charge >= 0.3 is 0 Å². The van der Waals surface area contributed by atoms with E-state index >= 15 is 0 Å². The van der Waals surface area contributed by atoms with E-state index in [1.54, 1.807) is 6.92 Å². The normalized spacial score (nSPS) is 17.3. The fourth-order valence-corrected chi connectivity index (χ4v) is 2.90. The van der Waals surface area contributed by atoms with E-state index in [0.717, 1.165) is 19.5 Å². The number of rotatable bonds is 4. The van der Waals surface area contributed by atoms with Crippen LogP contribution in [0, 0.1) is 6.92 Å². The summed E-state index contributed by atoms with van der Waals surface area (Å²) in [5.41, 5.74) is 2.69. The topological polar surface area (TPSA) is 71.3 Å². The Morgan fingerprint density at radius 3 is 2.74 bits per heavy atom. The van der Waals surface area contributed by atoms with Gasteiger partial charge in [0, 0.05) is 13.1 Å². The Morgan fingerprint density at radius 1 is 1.30 bits per heavy atom. The molecule has 6 nitrogen and oxygen atoms in total. The van der Waals surface area contributed by atoms with Crippen LogP contribution in [0.1, 0.15) is 42.7 Å². The summed E-state index contributed by atoms with van der Waals surface area (Å²) in [4.78, 5) is 18.9. The minimum atomic E-state index is -0.289. The number of carbonyl (C=O) groups excluding carboxylic acids is 1. The van der Waals surface area contributed by atoms with Crippen LogP contribution in [0.3, 0.4) is 0 Å². The summed E-state index contributed by atoms with van der Waals surface area (Å²) < 4.78 is 5.11. The maximum atomic E-state index is 12.5. The first kappa shape index (κ1) is 15.7. The van der Waals surface area contributed by atoms with Crippen LogP contribution < -0.4 is 5.32 Å². The summed E-state index contributed by atoms with van der Waals surface area (Å²) in [5.74, 6) is 0.988. The predicted molar refractivity (Wildman–Crippen MR) is 85.6 cm³/mol. The highest BCUT2D eigenvalue weighted by molar-refractivity contribution is 5.81. The molecule has 122 valence electrons. The van der Waals surface area contributed by atoms with Gasteiger partial charge in [-0.2, -0.15) is 4.98 Å². The molecule has 0 unspecified atom stereocenters. The van der Waals surface area contributed by atoms with Crippen LogP contribution in [0.4, 0.5) is 0 Å². The van der Waals surface area contributed by atoms with Crippen LogP contribution in [0.15, 0.2) is 28.8 Å². The van der Waals surface area contributed by atoms with Crippen LogP contribution in [0.25, 0.3) is 0 Å². The number of benzene rings is 1. The molecule has 0 saturated carbocycles. The van der Waals surface area contributed by atoms with Gasteiger partial charge in [-0.05, 0) is 38.3 Å². The number of fused-ring (bicyclic) bond motifs is 1. The van der Waals surface area contributed by atoms with E-state index in [2.05, 4.69) is 38.6 Å². The molecule has 0 bridgehead atoms. The molecule has 0 fully saturated rings. The summed E-state index contributed by atoms with van der Waals surface area (Å²) in [6, 6.07) is 7.93. The third kappa shape index (κ3) is 3.42. The SMILES string of the molecule is Cc1noc([C@@H](C)NC(=O)[C@H](C)N2CCc3ccccc3C2)n1. The number of nitrogens with one attached hydrogen (secondary N) is 1. The van der Waals surface area contributed by atoms with Crippen LogP contribution >= 0.6 is 0 Å². The molecule has 6 heteroatoms. The van der Waals surface area contributed by atoms with Gasteiger partial charge in [-0.15, -0.1) is 0 Å². The molecule has 1 N–H and O–H groups in total. The average molecular weight is 314 g/mol. The maximum Gasteiger partial charge on any atom is 0.248 e. The first-order valence-electron chi connectivity index (χ1n) is 7.96. The number of aromatic nitrogens is 2. The quantitative estimate of drug-likeness (QED) is 0.934. The van der Waals surface area contributed by atoms with E-state index in [0.29, 0.717) is 11.7 Å². The van der Waals surface area contributed by atoms with Crippen molar-refractivity contribution in [3.05, 3.63) is 47.1 Å². The number of nitrogens with zero attached hydrogens (tertiary/aromatic N) is 3. The zero-order valence-electron chi connectivity index (χ0n) is 13.7. The van der Waals surface area contributed by atoms with Gasteiger partial charge in [-0.3, -0.25) is 9.69 Å². The summed E-state index contributed by atoms with van der Waals surface area (Å²) in [6.07, 6.45) is 0.978. The number of hydrogen-bond acceptors (Lipinski definition) is 5. The third-order valence-corrected chi connectivity index (χ3v) is 4.36. The van der Waals surface area contributed by atoms with E-state index in [1.807, 2.05) is 19.9 Å². The van der Waals surface area contributed by atoms with Gasteiger partial charge in [-0.25, -0.2) is 0 Å². The fourth-order valence-electron chi connectivity index (χ4n) is 2.90. The summed E-state index contributed by atoms with van der Waals surface area (Å²) in [6.45, 7) is 7.24. The van der Waals surface area contributed by atoms with Gasteiger partial charge in [-0.1, -0.05) is 29.4 Å². The largest absolute Gasteiger partial charge is 0.343 e. The lowest BCUT2D eigenvalue weighted by molar-refractivity contribution is -0.127. The third-order valence-electron chi connectivity index (χ3n) is 4.36. The van der Waals surface area contributed by atoms with Crippen molar-refractivity contribution in [3.8, 4) is 0 Å². The summed E-state index contributed by atoms with van der Waals surface area (Å²) >= 11 is 0. The van der Waals surface area contributed by atoms with Gasteiger partial charge in [0.25, 0.3) is 0 Å². The molecule has 0 aliphatic carbocycles. The van der Waals surface area contributed by atoms with Crippen molar-refractivity contribution in [3.63, 3.8) is 0 Å². The number of amides is 1. The van der Waals surface area contributed by atoms with Crippen LogP contribution in [-0.2, 0) is 17.8 Å². The molecule has 3 rings (SSSR count). The second kappa shape index (κ2) is 6.50. The molecular formula is C17H22N4O2. The van der Waals surface area contributed by atoms with E-state index in [9.17, 15) is 4.79 Å². The van der Waals surface area contributed by atoms with Gasteiger partial charge in [0.15, 0.2) is 5.82 Å². The van der Waals surface area contributed by atoms with Gasteiger partial charge in [0.1, 0.15) is 6.04 Å². The smallest absolute Gasteiger partial charge is 0.248 e. The Kier molecular flexibility index (Phi) is 4.43. The standard InChI is InChI=1S/C17H22N4O2/c1-11(17-19-13(3)20-23-17)18-16(22)12(2)21-9-8-14-6-4-5-7-15(14)10-21/h4-7,11-12H,8-10H2,1-3H3,(H,18,22)/t11-,12+/m1/s1. The molecule has 1 aromatic heterocycles. The zero-order chi connectivity index (χ0) is 16.4. The molecule has 1 aliphatic heterocycles. The van der Waals surface area contributed by atoms with Crippen molar-refractivity contribution in [1.29, 1.82) is 0 Å². The predicted octanol–water partition coefficient (Wildman–Crippen LogP) is 2.00. The highest BCUT2D eigenvalue weighted by Gasteiger charge is 2.27. The first-order valence-corrected chi connectivity index (χ1v) is 7.96.